The third-order valence-electron chi connectivity index (χ3n) is 1.16. The van der Waals surface area contributed by atoms with Crippen molar-refractivity contribution >= 4 is 26.0 Å². The van der Waals surface area contributed by atoms with E-state index in [1.165, 1.54) is 0 Å². The van der Waals surface area contributed by atoms with Gasteiger partial charge in [0.05, 0.1) is 0 Å². The normalized spacial score (nSPS) is 10.2. The van der Waals surface area contributed by atoms with Gasteiger partial charge >= 0.3 is 58.2 Å². The number of hydrogen-bond donors (Lipinski definition) is 0. The molecule has 9 heavy (non-hydrogen) atoms. The first kappa shape index (κ1) is 5.15. The Kier molecular flexibility index (Phi) is 1.11. The molecule has 0 fully saturated rings. The number of fused-ring (bicyclic) bond motifs is 1. The van der Waals surface area contributed by atoms with E-state index in [4.69, 9.17) is 0 Å². The molecule has 44 valence electrons. The van der Waals surface area contributed by atoms with Crippen LogP contribution in [0.15, 0.2) is 24.3 Å². The van der Waals surface area contributed by atoms with Gasteiger partial charge in [-0.25, -0.2) is 0 Å². The molecule has 0 atom stereocenters. The van der Waals surface area contributed by atoms with Crippen molar-refractivity contribution in [2.75, 3.05) is 0 Å². The molecule has 1 heterocycles. The molecule has 0 unspecified atom stereocenters. The van der Waals surface area contributed by atoms with Crippen LogP contribution in [0, 0.1) is 0 Å². The van der Waals surface area contributed by atoms with E-state index in [1.54, 1.807) is 0 Å². The minimum atomic E-state index is 0.129. The van der Waals surface area contributed by atoms with Gasteiger partial charge in [0.1, 0.15) is 0 Å². The fraction of sp³-hybridized carbons (Fsp3) is 0. The zero-order valence-corrected chi connectivity index (χ0v) is 6.33. The van der Waals surface area contributed by atoms with Crippen molar-refractivity contribution in [3.8, 4) is 0 Å². The molecule has 0 aliphatic rings. The van der Waals surface area contributed by atoms with Crippen LogP contribution in [0.1, 0.15) is 0 Å². The van der Waals surface area contributed by atoms with Gasteiger partial charge in [-0.15, -0.1) is 0 Å². The summed E-state index contributed by atoms with van der Waals surface area (Å²) in [5.74, 6) is 0. The summed E-state index contributed by atoms with van der Waals surface area (Å²) >= 11 is 0.129. The second kappa shape index (κ2) is 1.94. The van der Waals surface area contributed by atoms with E-state index >= 15 is 0 Å². The number of aromatic nitrogens is 2. The first-order valence-electron chi connectivity index (χ1n) is 2.64. The maximum atomic E-state index is 4.20. The Morgan fingerprint density at radius 2 is 1.56 bits per heavy atom. The van der Waals surface area contributed by atoms with Gasteiger partial charge in [-0.3, -0.25) is 0 Å². The van der Waals surface area contributed by atoms with E-state index in [0.717, 1.165) is 11.0 Å². The van der Waals surface area contributed by atoms with Crippen molar-refractivity contribution in [1.29, 1.82) is 0 Å². The molecule has 0 aliphatic heterocycles. The van der Waals surface area contributed by atoms with E-state index in [9.17, 15) is 0 Å². The van der Waals surface area contributed by atoms with Gasteiger partial charge in [0.2, 0.25) is 0 Å². The van der Waals surface area contributed by atoms with Crippen LogP contribution in [0.2, 0.25) is 0 Å². The number of benzene rings is 1. The van der Waals surface area contributed by atoms with Crippen LogP contribution in [-0.4, -0.2) is 22.9 Å². The monoisotopic (exact) mass is 184 g/mol. The zero-order valence-electron chi connectivity index (χ0n) is 4.61. The summed E-state index contributed by atoms with van der Waals surface area (Å²) < 4.78 is 8.39. The number of rotatable bonds is 0. The summed E-state index contributed by atoms with van der Waals surface area (Å²) in [4.78, 5) is 0. The molecular formula is C6H4N2Se. The van der Waals surface area contributed by atoms with E-state index in [2.05, 4.69) is 7.96 Å². The molecule has 0 aliphatic carbocycles. The molecule has 2 rings (SSSR count). The molecular weight excluding hydrogens is 179 g/mol. The van der Waals surface area contributed by atoms with Crippen LogP contribution < -0.4 is 0 Å². The summed E-state index contributed by atoms with van der Waals surface area (Å²) in [6.07, 6.45) is 0. The molecule has 0 radical (unpaired) electrons. The van der Waals surface area contributed by atoms with Crippen molar-refractivity contribution in [2.45, 2.75) is 0 Å². The average Bonchev–Trinajstić information content (AvgIpc) is 2.33. The summed E-state index contributed by atoms with van der Waals surface area (Å²) in [5, 5.41) is 0. The molecule has 1 aromatic carbocycles. The maximum absolute atomic E-state index is 4.20. The predicted molar refractivity (Wildman–Crippen MR) is 36.5 cm³/mol. The summed E-state index contributed by atoms with van der Waals surface area (Å²) in [6.45, 7) is 0. The van der Waals surface area contributed by atoms with Crippen molar-refractivity contribution < 1.29 is 0 Å². The molecule has 0 N–H and O–H groups in total. The molecule has 2 aromatic rings. The van der Waals surface area contributed by atoms with Gasteiger partial charge in [-0.1, -0.05) is 0 Å². The van der Waals surface area contributed by atoms with E-state index < -0.39 is 0 Å². The van der Waals surface area contributed by atoms with E-state index in [1.807, 2.05) is 24.3 Å². The second-order valence-corrected chi connectivity index (χ2v) is 2.86. The molecule has 0 saturated heterocycles. The third kappa shape index (κ3) is 0.784. The van der Waals surface area contributed by atoms with Crippen LogP contribution in [0.5, 0.6) is 0 Å². The quantitative estimate of drug-likeness (QED) is 0.561. The molecule has 0 spiro atoms. The Hall–Kier alpha value is -0.661. The molecule has 0 bridgehead atoms. The van der Waals surface area contributed by atoms with Crippen LogP contribution in [0.4, 0.5) is 0 Å². The van der Waals surface area contributed by atoms with Crippen LogP contribution in [0.3, 0.4) is 0 Å². The number of nitrogens with zero attached hydrogens (tertiary/aromatic N) is 2. The average molecular weight is 183 g/mol. The Morgan fingerprint density at radius 3 is 2.11 bits per heavy atom. The molecule has 3 heteroatoms. The van der Waals surface area contributed by atoms with Crippen molar-refractivity contribution in [1.82, 2.24) is 7.96 Å². The molecule has 0 saturated carbocycles. The SMILES string of the molecule is c1ccc2n[se]nc2c1. The van der Waals surface area contributed by atoms with Gasteiger partial charge in [0.25, 0.3) is 0 Å². The van der Waals surface area contributed by atoms with Crippen molar-refractivity contribution in [3.63, 3.8) is 0 Å². The minimum absolute atomic E-state index is 0.129. The van der Waals surface area contributed by atoms with Gasteiger partial charge in [0, 0.05) is 0 Å². The Morgan fingerprint density at radius 1 is 1.00 bits per heavy atom. The Labute approximate surface area is 58.7 Å². The summed E-state index contributed by atoms with van der Waals surface area (Å²) in [7, 11) is 0. The Bertz CT molecular complexity index is 285. The van der Waals surface area contributed by atoms with Gasteiger partial charge in [-0.2, -0.15) is 0 Å². The van der Waals surface area contributed by atoms with Crippen molar-refractivity contribution in [3.05, 3.63) is 24.3 Å². The van der Waals surface area contributed by atoms with Crippen molar-refractivity contribution in [2.24, 2.45) is 0 Å². The standard InChI is InChI=1S/C6H4N2Se/c1-2-4-6-5(3-1)7-9-8-6/h1-4H. The summed E-state index contributed by atoms with van der Waals surface area (Å²) in [5.41, 5.74) is 2.11. The fourth-order valence-corrected chi connectivity index (χ4v) is 1.83. The van der Waals surface area contributed by atoms with E-state index in [0.29, 0.717) is 0 Å². The third-order valence-corrected chi connectivity index (χ3v) is 2.33. The first-order chi connectivity index (χ1) is 4.47. The number of hydrogen-bond acceptors (Lipinski definition) is 2. The fourth-order valence-electron chi connectivity index (χ4n) is 0.727. The molecule has 2 nitrogen and oxygen atoms in total. The van der Waals surface area contributed by atoms with Crippen LogP contribution >= 0.6 is 0 Å². The van der Waals surface area contributed by atoms with Crippen LogP contribution in [0.25, 0.3) is 11.0 Å². The topological polar surface area (TPSA) is 25.8 Å². The van der Waals surface area contributed by atoms with Gasteiger partial charge in [0.15, 0.2) is 0 Å². The molecule has 0 amide bonds. The van der Waals surface area contributed by atoms with Crippen LogP contribution in [-0.2, 0) is 0 Å². The molecule has 1 aromatic heterocycles. The summed E-state index contributed by atoms with van der Waals surface area (Å²) in [6, 6.07) is 7.96. The Balaban J connectivity index is 2.95. The van der Waals surface area contributed by atoms with E-state index in [-0.39, 0.29) is 15.0 Å². The van der Waals surface area contributed by atoms with Gasteiger partial charge < -0.3 is 0 Å². The first-order valence-corrected chi connectivity index (χ1v) is 4.17. The predicted octanol–water partition coefficient (Wildman–Crippen LogP) is 0.687. The van der Waals surface area contributed by atoms with Gasteiger partial charge in [-0.05, 0) is 0 Å². The zero-order chi connectivity index (χ0) is 6.10. The second-order valence-electron chi connectivity index (χ2n) is 1.75.